The Morgan fingerprint density at radius 1 is 1.06 bits per heavy atom. The van der Waals surface area contributed by atoms with Gasteiger partial charge >= 0.3 is 12.4 Å². The highest BCUT2D eigenvalue weighted by atomic mass is 127. The molecule has 4 bridgehead atoms. The first-order valence-corrected chi connectivity index (χ1v) is 5.94. The van der Waals surface area contributed by atoms with Crippen molar-refractivity contribution in [2.24, 2.45) is 5.92 Å². The molecule has 0 aromatic rings. The Morgan fingerprint density at radius 3 is 1.69 bits per heavy atom. The minimum Gasteiger partial charge on any atom is -0.272 e. The third kappa shape index (κ3) is 0.920. The molecule has 3 heterocycles. The van der Waals surface area contributed by atoms with Crippen molar-refractivity contribution in [3.8, 4) is 0 Å². The quantitative estimate of drug-likeness (QED) is 0.279. The van der Waals surface area contributed by atoms with Crippen LogP contribution in [0.25, 0.3) is 0 Å². The van der Waals surface area contributed by atoms with Crippen molar-refractivity contribution < 1.29 is 26.3 Å². The van der Waals surface area contributed by atoms with Crippen molar-refractivity contribution in [3.63, 3.8) is 0 Å². The van der Waals surface area contributed by atoms with Gasteiger partial charge in [0.25, 0.3) is 0 Å². The molecule has 0 aromatic heterocycles. The number of halogens is 7. The van der Waals surface area contributed by atoms with Gasteiger partial charge in [0.2, 0.25) is 5.54 Å². The second kappa shape index (κ2) is 2.65. The summed E-state index contributed by atoms with van der Waals surface area (Å²) >= 11 is 1.73. The molecule has 8 heteroatoms. The van der Waals surface area contributed by atoms with Crippen molar-refractivity contribution in [3.05, 3.63) is 0 Å². The lowest BCUT2D eigenvalue weighted by atomic mass is 9.85. The van der Waals surface area contributed by atoms with E-state index in [2.05, 4.69) is 0 Å². The second-order valence-electron chi connectivity index (χ2n) is 4.51. The first-order chi connectivity index (χ1) is 7.14. The van der Waals surface area contributed by atoms with Gasteiger partial charge < -0.3 is 0 Å². The van der Waals surface area contributed by atoms with E-state index in [1.165, 1.54) is 0 Å². The van der Waals surface area contributed by atoms with E-state index in [1.54, 1.807) is 22.6 Å². The number of piperidine rings is 3. The zero-order chi connectivity index (χ0) is 12.1. The van der Waals surface area contributed by atoms with Crippen molar-refractivity contribution in [2.45, 2.75) is 40.3 Å². The average Bonchev–Trinajstić information content (AvgIpc) is 2.43. The van der Waals surface area contributed by atoms with Crippen LogP contribution < -0.4 is 0 Å². The average molecular weight is 357 g/mol. The van der Waals surface area contributed by atoms with Gasteiger partial charge in [-0.25, -0.2) is 0 Å². The largest absolute Gasteiger partial charge is 0.416 e. The number of nitrogens with zero attached hydrogens (tertiary/aromatic N) is 1. The van der Waals surface area contributed by atoms with Crippen LogP contribution in [-0.2, 0) is 0 Å². The van der Waals surface area contributed by atoms with E-state index in [-0.39, 0.29) is 6.42 Å². The van der Waals surface area contributed by atoms with E-state index in [1.807, 2.05) is 0 Å². The highest BCUT2D eigenvalue weighted by Gasteiger charge is 2.92. The fourth-order valence-electron chi connectivity index (χ4n) is 3.51. The molecule has 0 radical (unpaired) electrons. The lowest BCUT2D eigenvalue weighted by Crippen LogP contribution is -2.63. The molecule has 4 fully saturated rings. The Morgan fingerprint density at radius 2 is 1.56 bits per heavy atom. The summed E-state index contributed by atoms with van der Waals surface area (Å²) in [7, 11) is 0. The Bertz CT molecular complexity index is 335. The summed E-state index contributed by atoms with van der Waals surface area (Å²) in [5, 5.41) is 0. The topological polar surface area (TPSA) is 3.01 Å². The summed E-state index contributed by atoms with van der Waals surface area (Å²) in [5.74, 6) is -1.33. The molecular formula is C8H6F6IN. The summed E-state index contributed by atoms with van der Waals surface area (Å²) in [6.45, 7) is 0. The molecule has 5 atom stereocenters. The molecule has 0 amide bonds. The summed E-state index contributed by atoms with van der Waals surface area (Å²) in [4.78, 5) is 0.634. The normalized spacial score (nSPS) is 48.6. The van der Waals surface area contributed by atoms with Gasteiger partial charge in [0, 0.05) is 21.9 Å². The third-order valence-electron chi connectivity index (χ3n) is 4.00. The lowest BCUT2D eigenvalue weighted by Gasteiger charge is -2.37. The van der Waals surface area contributed by atoms with Crippen LogP contribution in [0.2, 0.25) is 0 Å². The monoisotopic (exact) mass is 357 g/mol. The molecule has 3 saturated heterocycles. The van der Waals surface area contributed by atoms with Gasteiger partial charge in [0.05, 0.1) is 0 Å². The van der Waals surface area contributed by atoms with Gasteiger partial charge in [-0.1, -0.05) is 22.6 Å². The Kier molecular flexibility index (Phi) is 1.88. The Hall–Kier alpha value is 0.270. The molecule has 16 heavy (non-hydrogen) atoms. The van der Waals surface area contributed by atoms with E-state index >= 15 is 0 Å². The summed E-state index contributed by atoms with van der Waals surface area (Å²) in [6, 6.07) is -1.02. The van der Waals surface area contributed by atoms with Gasteiger partial charge in [-0.05, 0) is 6.42 Å². The molecule has 0 spiro atoms. The predicted octanol–water partition coefficient (Wildman–Crippen LogP) is 2.74. The van der Waals surface area contributed by atoms with E-state index in [4.69, 9.17) is 0 Å². The number of hydrogen-bond acceptors (Lipinski definition) is 1. The van der Waals surface area contributed by atoms with Gasteiger partial charge in [-0.3, -0.25) is 4.90 Å². The van der Waals surface area contributed by atoms with E-state index in [0.29, 0.717) is 4.90 Å². The molecule has 1 aliphatic carbocycles. The van der Waals surface area contributed by atoms with Crippen LogP contribution in [0.3, 0.4) is 0 Å². The summed E-state index contributed by atoms with van der Waals surface area (Å²) < 4.78 is 76.7. The maximum absolute atomic E-state index is 12.9. The van der Waals surface area contributed by atoms with E-state index in [9.17, 15) is 26.3 Å². The maximum atomic E-state index is 12.9. The Labute approximate surface area is 100 Å². The zero-order valence-electron chi connectivity index (χ0n) is 7.61. The van der Waals surface area contributed by atoms with E-state index < -0.39 is 39.8 Å². The van der Waals surface area contributed by atoms with Crippen LogP contribution in [-0.4, -0.2) is 38.8 Å². The maximum Gasteiger partial charge on any atom is 0.416 e. The second-order valence-corrected chi connectivity index (χ2v) is 5.95. The van der Waals surface area contributed by atoms with Crippen LogP contribution in [0, 0.1) is 5.92 Å². The van der Waals surface area contributed by atoms with Crippen LogP contribution in [0.4, 0.5) is 26.3 Å². The van der Waals surface area contributed by atoms with Crippen LogP contribution in [0.5, 0.6) is 0 Å². The molecule has 92 valence electrons. The number of hydrogen-bond donors (Lipinski definition) is 0. The smallest absolute Gasteiger partial charge is 0.272 e. The van der Waals surface area contributed by atoms with Crippen LogP contribution >= 0.6 is 22.6 Å². The fourth-order valence-corrected chi connectivity index (χ4v) is 5.15. The molecule has 0 aromatic carbocycles. The number of alkyl halides is 7. The minimum atomic E-state index is -5.24. The molecular weight excluding hydrogens is 351 g/mol. The molecule has 3 aliphatic heterocycles. The van der Waals surface area contributed by atoms with Crippen molar-refractivity contribution in [2.75, 3.05) is 0 Å². The standard InChI is InChI=1S/C8H6F6IN/c9-7(10,11)6(8(12,13)14)2-1-3-5(4(2)15)16(3)6/h2-5H,1H2/t2-,3-,4+,5-,16?/m0/s1. The SMILES string of the molecule is FC(F)(F)C1(C(F)(F)F)[C@H]2C[C@H]3[C@@H]([C@@H]2I)N31. The third-order valence-corrected chi connectivity index (χ3v) is 5.60. The van der Waals surface area contributed by atoms with Gasteiger partial charge in [0.15, 0.2) is 0 Å². The Balaban J connectivity index is 2.14. The number of rotatable bonds is 0. The van der Waals surface area contributed by atoms with Crippen molar-refractivity contribution in [1.82, 2.24) is 4.90 Å². The molecule has 1 saturated carbocycles. The molecule has 1 unspecified atom stereocenters. The van der Waals surface area contributed by atoms with Gasteiger partial charge in [-0.2, -0.15) is 26.3 Å². The van der Waals surface area contributed by atoms with Gasteiger partial charge in [-0.15, -0.1) is 0 Å². The highest BCUT2D eigenvalue weighted by molar-refractivity contribution is 14.1. The predicted molar refractivity (Wildman–Crippen MR) is 50.2 cm³/mol. The highest BCUT2D eigenvalue weighted by Crippen LogP contribution is 2.73. The van der Waals surface area contributed by atoms with Crippen molar-refractivity contribution in [1.29, 1.82) is 0 Å². The molecule has 1 nitrogen and oxygen atoms in total. The van der Waals surface area contributed by atoms with Gasteiger partial charge in [0.1, 0.15) is 0 Å². The molecule has 4 aliphatic rings. The molecule has 0 N–H and O–H groups in total. The lowest BCUT2D eigenvalue weighted by molar-refractivity contribution is -0.327. The minimum absolute atomic E-state index is 0.0251. The van der Waals surface area contributed by atoms with Crippen molar-refractivity contribution >= 4 is 22.6 Å². The zero-order valence-corrected chi connectivity index (χ0v) is 9.77. The van der Waals surface area contributed by atoms with Crippen LogP contribution in [0.15, 0.2) is 0 Å². The first-order valence-electron chi connectivity index (χ1n) is 4.70. The summed E-state index contributed by atoms with van der Waals surface area (Å²) in [6.07, 6.45) is -10.4. The molecule has 4 rings (SSSR count). The van der Waals surface area contributed by atoms with E-state index in [0.717, 1.165) is 0 Å². The first kappa shape index (κ1) is 11.4. The fraction of sp³-hybridized carbons (Fsp3) is 1.00. The summed E-state index contributed by atoms with van der Waals surface area (Å²) in [5.41, 5.74) is -3.57. The van der Waals surface area contributed by atoms with Crippen LogP contribution in [0.1, 0.15) is 6.42 Å².